The minimum atomic E-state index is -0.929. The third-order valence-electron chi connectivity index (χ3n) is 7.26. The first-order valence-corrected chi connectivity index (χ1v) is 15.4. The number of hydrogen-bond acceptors (Lipinski definition) is 12. The number of furan rings is 1. The summed E-state index contributed by atoms with van der Waals surface area (Å²) in [7, 11) is 1.25. The SMILES string of the molecule is CCOC(=O)C1=C(C)N=c2s/c(=C/c3ccc(-c4ccc(C)c([N+](=O)[O-])c4)o3)c(=O)n2[C@@H]1c1ccc(OCC(=O)OC)c(OCC)c1. The zero-order valence-electron chi connectivity index (χ0n) is 26.2. The number of allylic oxidation sites excluding steroid dienone is 1. The molecule has 1 aliphatic heterocycles. The molecule has 0 saturated heterocycles. The molecule has 244 valence electrons. The van der Waals surface area contributed by atoms with Crippen molar-refractivity contribution in [3.8, 4) is 22.8 Å². The first kappa shape index (κ1) is 32.9. The Labute approximate surface area is 272 Å². The van der Waals surface area contributed by atoms with Crippen LogP contribution in [-0.2, 0) is 19.1 Å². The van der Waals surface area contributed by atoms with Crippen molar-refractivity contribution >= 4 is 35.0 Å². The van der Waals surface area contributed by atoms with Gasteiger partial charge in [0, 0.05) is 23.3 Å². The number of hydrogen-bond donors (Lipinski definition) is 0. The molecule has 0 fully saturated rings. The Morgan fingerprint density at radius 3 is 2.55 bits per heavy atom. The van der Waals surface area contributed by atoms with Crippen LogP contribution in [-0.4, -0.2) is 48.4 Å². The smallest absolute Gasteiger partial charge is 0.343 e. The van der Waals surface area contributed by atoms with Crippen molar-refractivity contribution in [1.82, 2.24) is 4.57 Å². The molecular formula is C33H31N3O10S. The van der Waals surface area contributed by atoms with Gasteiger partial charge in [-0.15, -0.1) is 0 Å². The fourth-order valence-electron chi connectivity index (χ4n) is 5.06. The molecule has 5 rings (SSSR count). The van der Waals surface area contributed by atoms with E-state index in [0.29, 0.717) is 44.5 Å². The van der Waals surface area contributed by atoms with Gasteiger partial charge in [-0.05, 0) is 57.5 Å². The second kappa shape index (κ2) is 13.9. The molecule has 0 unspecified atom stereocenters. The van der Waals surface area contributed by atoms with Crippen LogP contribution in [0.4, 0.5) is 5.69 Å². The number of benzene rings is 2. The molecule has 3 heterocycles. The lowest BCUT2D eigenvalue weighted by Gasteiger charge is -2.25. The van der Waals surface area contributed by atoms with Gasteiger partial charge in [-0.1, -0.05) is 29.5 Å². The average molecular weight is 662 g/mol. The maximum Gasteiger partial charge on any atom is 0.343 e. The molecule has 0 amide bonds. The van der Waals surface area contributed by atoms with Gasteiger partial charge >= 0.3 is 11.9 Å². The summed E-state index contributed by atoms with van der Waals surface area (Å²) in [6, 6.07) is 12.1. The van der Waals surface area contributed by atoms with Crippen molar-refractivity contribution in [1.29, 1.82) is 0 Å². The maximum absolute atomic E-state index is 14.0. The third kappa shape index (κ3) is 6.72. The number of nitro groups is 1. The maximum atomic E-state index is 14.0. The van der Waals surface area contributed by atoms with Crippen LogP contribution in [0, 0.1) is 17.0 Å². The molecule has 0 saturated carbocycles. The molecular weight excluding hydrogens is 630 g/mol. The minimum Gasteiger partial charge on any atom is -0.490 e. The molecule has 0 radical (unpaired) electrons. The van der Waals surface area contributed by atoms with Crippen LogP contribution in [0.2, 0.25) is 0 Å². The van der Waals surface area contributed by atoms with E-state index in [-0.39, 0.29) is 41.4 Å². The highest BCUT2D eigenvalue weighted by Crippen LogP contribution is 2.36. The summed E-state index contributed by atoms with van der Waals surface area (Å²) < 4.78 is 29.1. The van der Waals surface area contributed by atoms with Gasteiger partial charge in [0.2, 0.25) is 0 Å². The second-order valence-electron chi connectivity index (χ2n) is 10.3. The Hall–Kier alpha value is -5.50. The second-order valence-corrected chi connectivity index (χ2v) is 11.3. The number of esters is 2. The number of rotatable bonds is 11. The molecule has 1 atom stereocenters. The number of ether oxygens (including phenoxy) is 4. The van der Waals surface area contributed by atoms with Crippen molar-refractivity contribution in [2.75, 3.05) is 26.9 Å². The summed E-state index contributed by atoms with van der Waals surface area (Å²) in [6.07, 6.45) is 1.56. The third-order valence-corrected chi connectivity index (χ3v) is 8.25. The predicted octanol–water partition coefficient (Wildman–Crippen LogP) is 4.23. The van der Waals surface area contributed by atoms with E-state index >= 15 is 0 Å². The van der Waals surface area contributed by atoms with Gasteiger partial charge in [-0.3, -0.25) is 19.5 Å². The van der Waals surface area contributed by atoms with Gasteiger partial charge in [0.25, 0.3) is 11.2 Å². The topological polar surface area (TPSA) is 162 Å². The highest BCUT2D eigenvalue weighted by Gasteiger charge is 2.34. The van der Waals surface area contributed by atoms with Crippen molar-refractivity contribution in [2.24, 2.45) is 4.99 Å². The van der Waals surface area contributed by atoms with Gasteiger partial charge in [-0.25, -0.2) is 14.6 Å². The standard InChI is InChI=1S/C33H31N3O10S/c1-6-43-26-15-21(10-12-25(26)45-17-28(37)42-5)30-29(32(39)44-7-2)19(4)34-33-35(30)31(38)27(47-33)16-22-11-13-24(46-22)20-9-8-18(3)23(14-20)36(40)41/h8-16,30H,6-7,17H2,1-5H3/b27-16+/t30-/m1/s1. The quantitative estimate of drug-likeness (QED) is 0.129. The first-order valence-electron chi connectivity index (χ1n) is 14.6. The molecule has 13 nitrogen and oxygen atoms in total. The van der Waals surface area contributed by atoms with E-state index in [1.807, 2.05) is 0 Å². The Balaban J connectivity index is 1.61. The van der Waals surface area contributed by atoms with Crippen LogP contribution in [0.1, 0.15) is 43.7 Å². The van der Waals surface area contributed by atoms with E-state index in [2.05, 4.69) is 9.73 Å². The molecule has 47 heavy (non-hydrogen) atoms. The number of methoxy groups -OCH3 is 1. The number of carbonyl (C=O) groups excluding carboxylic acids is 2. The monoisotopic (exact) mass is 661 g/mol. The average Bonchev–Trinajstić information content (AvgIpc) is 3.63. The van der Waals surface area contributed by atoms with Gasteiger partial charge in [0.05, 0.1) is 47.1 Å². The van der Waals surface area contributed by atoms with E-state index in [9.17, 15) is 24.5 Å². The lowest BCUT2D eigenvalue weighted by Crippen LogP contribution is -2.40. The fraction of sp³-hybridized carbons (Fsp3) is 0.273. The highest BCUT2D eigenvalue weighted by molar-refractivity contribution is 7.07. The summed E-state index contributed by atoms with van der Waals surface area (Å²) >= 11 is 1.12. The number of aryl methyl sites for hydroxylation is 1. The number of nitrogens with zero attached hydrogens (tertiary/aromatic N) is 3. The van der Waals surface area contributed by atoms with Crippen LogP contribution in [0.25, 0.3) is 17.4 Å². The Morgan fingerprint density at radius 2 is 1.85 bits per heavy atom. The van der Waals surface area contributed by atoms with Crippen molar-refractivity contribution < 1.29 is 37.9 Å². The first-order chi connectivity index (χ1) is 22.6. The summed E-state index contributed by atoms with van der Waals surface area (Å²) in [5.41, 5.74) is 1.66. The normalized spacial score (nSPS) is 14.3. The van der Waals surface area contributed by atoms with Gasteiger partial charge in [-0.2, -0.15) is 0 Å². The molecule has 1 aliphatic rings. The minimum absolute atomic E-state index is 0.0305. The Morgan fingerprint density at radius 1 is 1.06 bits per heavy atom. The molecule has 4 aromatic rings. The number of carbonyl (C=O) groups is 2. The zero-order chi connectivity index (χ0) is 33.8. The molecule has 2 aromatic carbocycles. The van der Waals surface area contributed by atoms with Crippen LogP contribution in [0.15, 0.2) is 74.0 Å². The Kier molecular flexibility index (Phi) is 9.70. The lowest BCUT2D eigenvalue weighted by molar-refractivity contribution is -0.385. The lowest BCUT2D eigenvalue weighted by atomic mass is 9.95. The van der Waals surface area contributed by atoms with Crippen LogP contribution in [0.5, 0.6) is 11.5 Å². The van der Waals surface area contributed by atoms with E-state index in [0.717, 1.165) is 11.3 Å². The number of nitro benzene ring substituents is 1. The molecule has 14 heteroatoms. The fourth-order valence-corrected chi connectivity index (χ4v) is 6.09. The molecule has 0 N–H and O–H groups in total. The van der Waals surface area contributed by atoms with Crippen LogP contribution in [0.3, 0.4) is 0 Å². The molecule has 0 bridgehead atoms. The van der Waals surface area contributed by atoms with Gasteiger partial charge < -0.3 is 23.4 Å². The summed E-state index contributed by atoms with van der Waals surface area (Å²) in [5, 5.41) is 11.4. The Bertz CT molecular complexity index is 2090. The van der Waals surface area contributed by atoms with E-state index in [1.54, 1.807) is 76.2 Å². The largest absolute Gasteiger partial charge is 0.490 e. The number of fused-ring (bicyclic) bond motifs is 1. The highest BCUT2D eigenvalue weighted by atomic mass is 32.1. The van der Waals surface area contributed by atoms with E-state index in [4.69, 9.17) is 18.6 Å². The predicted molar refractivity (Wildman–Crippen MR) is 171 cm³/mol. The summed E-state index contributed by atoms with van der Waals surface area (Å²) in [6.45, 7) is 6.85. The van der Waals surface area contributed by atoms with Gasteiger partial charge in [0.1, 0.15) is 11.5 Å². The van der Waals surface area contributed by atoms with Gasteiger partial charge in [0.15, 0.2) is 22.9 Å². The molecule has 0 spiro atoms. The van der Waals surface area contributed by atoms with Crippen LogP contribution >= 0.6 is 11.3 Å². The van der Waals surface area contributed by atoms with Crippen molar-refractivity contribution in [2.45, 2.75) is 33.7 Å². The van der Waals surface area contributed by atoms with Crippen LogP contribution < -0.4 is 24.4 Å². The molecule has 2 aromatic heterocycles. The zero-order valence-corrected chi connectivity index (χ0v) is 27.0. The molecule has 0 aliphatic carbocycles. The van der Waals surface area contributed by atoms with E-state index in [1.165, 1.54) is 17.7 Å². The van der Waals surface area contributed by atoms with E-state index < -0.39 is 28.5 Å². The summed E-state index contributed by atoms with van der Waals surface area (Å²) in [5.74, 6) is 0.115. The van der Waals surface area contributed by atoms with Crippen molar-refractivity contribution in [3.05, 3.63) is 106 Å². The number of aromatic nitrogens is 1. The number of thiazole rings is 1. The summed E-state index contributed by atoms with van der Waals surface area (Å²) in [4.78, 5) is 54.9. The van der Waals surface area contributed by atoms with Crippen molar-refractivity contribution in [3.63, 3.8) is 0 Å².